The second-order valence-corrected chi connectivity index (χ2v) is 5.57. The van der Waals surface area contributed by atoms with E-state index in [0.717, 1.165) is 22.4 Å². The highest BCUT2D eigenvalue weighted by atomic mass is 16.5. The van der Waals surface area contributed by atoms with Crippen LogP contribution < -0.4 is 4.74 Å². The lowest BCUT2D eigenvalue weighted by molar-refractivity contribution is -0.0501. The molecule has 0 spiro atoms. The number of hydrogen-bond acceptors (Lipinski definition) is 3. The molecule has 0 saturated heterocycles. The minimum absolute atomic E-state index is 0.256. The minimum Gasteiger partial charge on any atom is -0.496 e. The van der Waals surface area contributed by atoms with Gasteiger partial charge in [0.15, 0.2) is 0 Å². The van der Waals surface area contributed by atoms with Gasteiger partial charge in [-0.1, -0.05) is 12.1 Å². The molecular formula is C15H24O3. The van der Waals surface area contributed by atoms with E-state index in [1.165, 1.54) is 0 Å². The summed E-state index contributed by atoms with van der Waals surface area (Å²) in [6.45, 7) is 10.2. The van der Waals surface area contributed by atoms with Crippen LogP contribution >= 0.6 is 0 Å². The van der Waals surface area contributed by atoms with Crippen LogP contribution in [-0.4, -0.2) is 24.4 Å². The zero-order valence-corrected chi connectivity index (χ0v) is 12.2. The average Bonchev–Trinajstić information content (AvgIpc) is 2.28. The first-order chi connectivity index (χ1) is 8.26. The van der Waals surface area contributed by atoms with Gasteiger partial charge < -0.3 is 14.6 Å². The molecule has 0 aliphatic heterocycles. The summed E-state index contributed by atoms with van der Waals surface area (Å²) in [4.78, 5) is 0. The number of aryl methyl sites for hydroxylation is 1. The Morgan fingerprint density at radius 1 is 1.22 bits per heavy atom. The molecule has 1 N–H and O–H groups in total. The van der Waals surface area contributed by atoms with E-state index in [1.54, 1.807) is 7.11 Å². The molecule has 1 atom stereocenters. The Bertz CT molecular complexity index is 405. The lowest BCUT2D eigenvalue weighted by Crippen LogP contribution is -2.23. The molecule has 0 saturated carbocycles. The standard InChI is InChI=1S/C15H24O3/c1-10-7-8-12(14(17-6)11(10)2)13(16)9-18-15(3,4)5/h7-8,13,16H,9H2,1-6H3. The van der Waals surface area contributed by atoms with Crippen molar-refractivity contribution in [2.75, 3.05) is 13.7 Å². The summed E-state index contributed by atoms with van der Waals surface area (Å²) in [5, 5.41) is 10.2. The summed E-state index contributed by atoms with van der Waals surface area (Å²) in [6.07, 6.45) is -0.668. The van der Waals surface area contributed by atoms with Gasteiger partial charge in [0.25, 0.3) is 0 Å². The van der Waals surface area contributed by atoms with Gasteiger partial charge in [-0.2, -0.15) is 0 Å². The fraction of sp³-hybridized carbons (Fsp3) is 0.600. The molecule has 18 heavy (non-hydrogen) atoms. The Hall–Kier alpha value is -1.06. The van der Waals surface area contributed by atoms with Gasteiger partial charge in [-0.05, 0) is 45.7 Å². The van der Waals surface area contributed by atoms with Crippen LogP contribution in [0.3, 0.4) is 0 Å². The number of hydrogen-bond donors (Lipinski definition) is 1. The summed E-state index contributed by atoms with van der Waals surface area (Å²) in [7, 11) is 1.63. The van der Waals surface area contributed by atoms with Crippen molar-refractivity contribution < 1.29 is 14.6 Å². The molecule has 1 aromatic carbocycles. The van der Waals surface area contributed by atoms with Crippen LogP contribution in [0.15, 0.2) is 12.1 Å². The molecule has 0 bridgehead atoms. The molecule has 1 unspecified atom stereocenters. The van der Waals surface area contributed by atoms with E-state index in [4.69, 9.17) is 9.47 Å². The number of ether oxygens (including phenoxy) is 2. The van der Waals surface area contributed by atoms with Crippen LogP contribution in [0, 0.1) is 13.8 Å². The molecule has 0 fully saturated rings. The predicted octanol–water partition coefficient (Wildman–Crippen LogP) is 3.16. The zero-order valence-electron chi connectivity index (χ0n) is 12.2. The van der Waals surface area contributed by atoms with Crippen LogP contribution in [0.2, 0.25) is 0 Å². The van der Waals surface area contributed by atoms with E-state index in [-0.39, 0.29) is 12.2 Å². The average molecular weight is 252 g/mol. The Labute approximate surface area is 110 Å². The molecule has 0 heterocycles. The van der Waals surface area contributed by atoms with Gasteiger partial charge in [-0.3, -0.25) is 0 Å². The molecule has 3 nitrogen and oxygen atoms in total. The van der Waals surface area contributed by atoms with Gasteiger partial charge >= 0.3 is 0 Å². The first kappa shape index (κ1) is 15.0. The molecule has 0 amide bonds. The van der Waals surface area contributed by atoms with E-state index >= 15 is 0 Å². The number of aliphatic hydroxyl groups excluding tert-OH is 1. The zero-order chi connectivity index (χ0) is 13.9. The molecule has 1 rings (SSSR count). The molecule has 0 aromatic heterocycles. The third-order valence-electron chi connectivity index (χ3n) is 2.94. The van der Waals surface area contributed by atoms with E-state index < -0.39 is 6.10 Å². The van der Waals surface area contributed by atoms with Gasteiger partial charge in [0.05, 0.1) is 19.3 Å². The van der Waals surface area contributed by atoms with Crippen molar-refractivity contribution in [2.45, 2.75) is 46.3 Å². The van der Waals surface area contributed by atoms with Crippen LogP contribution in [-0.2, 0) is 4.74 Å². The highest BCUT2D eigenvalue weighted by Gasteiger charge is 2.19. The Balaban J connectivity index is 2.92. The maximum atomic E-state index is 10.2. The largest absolute Gasteiger partial charge is 0.496 e. The quantitative estimate of drug-likeness (QED) is 0.894. The fourth-order valence-electron chi connectivity index (χ4n) is 1.76. The van der Waals surface area contributed by atoms with E-state index in [2.05, 4.69) is 0 Å². The van der Waals surface area contributed by atoms with Crippen molar-refractivity contribution in [3.63, 3.8) is 0 Å². The van der Waals surface area contributed by atoms with E-state index in [1.807, 2.05) is 46.8 Å². The summed E-state index contributed by atoms with van der Waals surface area (Å²) >= 11 is 0. The lowest BCUT2D eigenvalue weighted by Gasteiger charge is -2.23. The summed E-state index contributed by atoms with van der Waals surface area (Å²) in [5.74, 6) is 0.750. The molecule has 102 valence electrons. The van der Waals surface area contributed by atoms with Crippen molar-refractivity contribution in [3.05, 3.63) is 28.8 Å². The fourth-order valence-corrected chi connectivity index (χ4v) is 1.76. The van der Waals surface area contributed by atoms with Crippen molar-refractivity contribution in [1.82, 2.24) is 0 Å². The Morgan fingerprint density at radius 2 is 1.83 bits per heavy atom. The first-order valence-electron chi connectivity index (χ1n) is 6.22. The summed E-state index contributed by atoms with van der Waals surface area (Å²) < 4.78 is 11.0. The molecular weight excluding hydrogens is 228 g/mol. The van der Waals surface area contributed by atoms with Crippen LogP contribution in [0.5, 0.6) is 5.75 Å². The maximum Gasteiger partial charge on any atom is 0.127 e. The predicted molar refractivity (Wildman–Crippen MR) is 73.1 cm³/mol. The summed E-state index contributed by atoms with van der Waals surface area (Å²) in [6, 6.07) is 3.89. The van der Waals surface area contributed by atoms with E-state index in [0.29, 0.717) is 0 Å². The SMILES string of the molecule is COc1c(C(O)COC(C)(C)C)ccc(C)c1C. The molecule has 1 aromatic rings. The molecule has 0 aliphatic rings. The number of benzene rings is 1. The maximum absolute atomic E-state index is 10.2. The Kier molecular flexibility index (Phi) is 4.77. The van der Waals surface area contributed by atoms with Gasteiger partial charge in [0.2, 0.25) is 0 Å². The third-order valence-corrected chi connectivity index (χ3v) is 2.94. The second-order valence-electron chi connectivity index (χ2n) is 5.57. The second kappa shape index (κ2) is 5.72. The smallest absolute Gasteiger partial charge is 0.127 e. The van der Waals surface area contributed by atoms with Crippen LogP contribution in [0.4, 0.5) is 0 Å². The van der Waals surface area contributed by atoms with Crippen molar-refractivity contribution in [1.29, 1.82) is 0 Å². The summed E-state index contributed by atoms with van der Waals surface area (Å²) in [5.41, 5.74) is 2.74. The topological polar surface area (TPSA) is 38.7 Å². The highest BCUT2D eigenvalue weighted by Crippen LogP contribution is 2.31. The Morgan fingerprint density at radius 3 is 2.33 bits per heavy atom. The van der Waals surface area contributed by atoms with E-state index in [9.17, 15) is 5.11 Å². The van der Waals surface area contributed by atoms with Gasteiger partial charge in [0.1, 0.15) is 11.9 Å². The molecule has 0 radical (unpaired) electrons. The molecule has 0 aliphatic carbocycles. The van der Waals surface area contributed by atoms with Gasteiger partial charge in [-0.15, -0.1) is 0 Å². The highest BCUT2D eigenvalue weighted by molar-refractivity contribution is 5.46. The van der Waals surface area contributed by atoms with Crippen molar-refractivity contribution in [3.8, 4) is 5.75 Å². The number of aliphatic hydroxyl groups is 1. The minimum atomic E-state index is -0.668. The normalized spacial score (nSPS) is 13.5. The van der Waals surface area contributed by atoms with Crippen molar-refractivity contribution >= 4 is 0 Å². The molecule has 3 heteroatoms. The van der Waals surface area contributed by atoms with Gasteiger partial charge in [0, 0.05) is 5.56 Å². The van der Waals surface area contributed by atoms with Crippen LogP contribution in [0.1, 0.15) is 43.6 Å². The third kappa shape index (κ3) is 3.72. The lowest BCUT2D eigenvalue weighted by atomic mass is 10.0. The number of methoxy groups -OCH3 is 1. The monoisotopic (exact) mass is 252 g/mol. The first-order valence-corrected chi connectivity index (χ1v) is 6.22. The number of rotatable bonds is 4. The van der Waals surface area contributed by atoms with Crippen molar-refractivity contribution in [2.24, 2.45) is 0 Å². The van der Waals surface area contributed by atoms with Gasteiger partial charge in [-0.25, -0.2) is 0 Å². The van der Waals surface area contributed by atoms with Crippen LogP contribution in [0.25, 0.3) is 0 Å².